The average Bonchev–Trinajstić information content (AvgIpc) is 2.48. The number of hydrogen-bond acceptors (Lipinski definition) is 4. The molecule has 0 N–H and O–H groups in total. The summed E-state index contributed by atoms with van der Waals surface area (Å²) in [5.41, 5.74) is 0.870. The van der Waals surface area contributed by atoms with Crippen LogP contribution in [-0.2, 0) is 14.3 Å². The largest absolute Gasteiger partial charge is 0.462 e. The molecule has 0 amide bonds. The van der Waals surface area contributed by atoms with Gasteiger partial charge in [-0.2, -0.15) is 0 Å². The number of hydrogen-bond donors (Lipinski definition) is 0. The van der Waals surface area contributed by atoms with Crippen molar-refractivity contribution in [2.45, 2.75) is 33.6 Å². The fourth-order valence-electron chi connectivity index (χ4n) is 1.12. The quantitative estimate of drug-likeness (QED) is 0.344. The van der Waals surface area contributed by atoms with Crippen LogP contribution >= 0.6 is 0 Å². The van der Waals surface area contributed by atoms with E-state index in [1.54, 1.807) is 38.1 Å². The Hall–Kier alpha value is -2.36. The van der Waals surface area contributed by atoms with Gasteiger partial charge in [0, 0.05) is 11.1 Å². The lowest BCUT2D eigenvalue weighted by Gasteiger charge is -2.01. The zero-order valence-electron chi connectivity index (χ0n) is 13.6. The lowest BCUT2D eigenvalue weighted by atomic mass is 10.3. The van der Waals surface area contributed by atoms with Crippen LogP contribution in [0.15, 0.2) is 54.6 Å². The van der Waals surface area contributed by atoms with Gasteiger partial charge in [-0.1, -0.05) is 44.7 Å². The van der Waals surface area contributed by atoms with Crippen LogP contribution in [0.5, 0.6) is 5.75 Å². The first-order chi connectivity index (χ1) is 10.4. The third kappa shape index (κ3) is 9.53. The summed E-state index contributed by atoms with van der Waals surface area (Å²) in [5.74, 6) is -0.125. The molecular formula is C18H24O4. The maximum atomic E-state index is 11.0. The Bertz CT molecular complexity index is 503. The molecule has 120 valence electrons. The zero-order valence-corrected chi connectivity index (χ0v) is 13.6. The molecule has 0 spiro atoms. The highest BCUT2D eigenvalue weighted by molar-refractivity contribution is 5.88. The van der Waals surface area contributed by atoms with Crippen LogP contribution < -0.4 is 4.74 Å². The lowest BCUT2D eigenvalue weighted by molar-refractivity contribution is -0.139. The Balaban J connectivity index is 0.000000409. The van der Waals surface area contributed by atoms with Gasteiger partial charge in [0.1, 0.15) is 5.75 Å². The molecule has 4 heteroatoms. The second-order valence-corrected chi connectivity index (χ2v) is 4.75. The molecule has 0 atom stereocenters. The molecule has 1 aromatic rings. The number of esters is 2. The first kappa shape index (κ1) is 19.6. The van der Waals surface area contributed by atoms with Gasteiger partial charge in [-0.15, -0.1) is 0 Å². The van der Waals surface area contributed by atoms with Crippen LogP contribution in [0.2, 0.25) is 0 Å². The highest BCUT2D eigenvalue weighted by Gasteiger charge is 2.03. The number of benzene rings is 1. The second kappa shape index (κ2) is 11.3. The van der Waals surface area contributed by atoms with Crippen molar-refractivity contribution in [3.63, 3.8) is 0 Å². The normalized spacial score (nSPS) is 9.05. The topological polar surface area (TPSA) is 52.6 Å². The van der Waals surface area contributed by atoms with Crippen molar-refractivity contribution in [1.82, 2.24) is 0 Å². The molecule has 0 radical (unpaired) electrons. The second-order valence-electron chi connectivity index (χ2n) is 4.75. The molecule has 0 fully saturated rings. The standard InChI is InChI=1S/C10H10O2.C8H14O2/c1-8(2)10(11)12-9-6-4-3-5-7-9;1-4-5-6-10-8(9)7(2)3/h3-7H,1H2,2H3;2,4-6H2,1,3H3. The summed E-state index contributed by atoms with van der Waals surface area (Å²) in [5, 5.41) is 0. The average molecular weight is 304 g/mol. The van der Waals surface area contributed by atoms with Gasteiger partial charge in [0.05, 0.1) is 6.61 Å². The van der Waals surface area contributed by atoms with Crippen molar-refractivity contribution in [3.05, 3.63) is 54.6 Å². The number of carbonyl (C=O) groups excluding carboxylic acids is 2. The highest BCUT2D eigenvalue weighted by atomic mass is 16.5. The molecule has 0 aliphatic rings. The number of unbranched alkanes of at least 4 members (excludes halogenated alkanes) is 1. The van der Waals surface area contributed by atoms with E-state index >= 15 is 0 Å². The third-order valence-corrected chi connectivity index (χ3v) is 2.38. The first-order valence-corrected chi connectivity index (χ1v) is 7.13. The van der Waals surface area contributed by atoms with Crippen molar-refractivity contribution in [2.75, 3.05) is 6.61 Å². The molecule has 22 heavy (non-hydrogen) atoms. The summed E-state index contributed by atoms with van der Waals surface area (Å²) >= 11 is 0. The maximum absolute atomic E-state index is 11.0. The predicted octanol–water partition coefficient (Wildman–Crippen LogP) is 4.07. The van der Waals surface area contributed by atoms with Crippen molar-refractivity contribution in [3.8, 4) is 5.75 Å². The van der Waals surface area contributed by atoms with E-state index in [9.17, 15) is 9.59 Å². The fraction of sp³-hybridized carbons (Fsp3) is 0.333. The van der Waals surface area contributed by atoms with Crippen LogP contribution in [0.3, 0.4) is 0 Å². The monoisotopic (exact) mass is 304 g/mol. The molecule has 0 aliphatic heterocycles. The van der Waals surface area contributed by atoms with E-state index in [2.05, 4.69) is 20.1 Å². The molecule has 0 unspecified atom stereocenters. The van der Waals surface area contributed by atoms with Crippen LogP contribution in [-0.4, -0.2) is 18.5 Å². The number of ether oxygens (including phenoxy) is 2. The van der Waals surface area contributed by atoms with Gasteiger partial charge in [-0.3, -0.25) is 0 Å². The molecule has 0 aliphatic carbocycles. The minimum absolute atomic E-state index is 0.284. The molecule has 4 nitrogen and oxygen atoms in total. The van der Waals surface area contributed by atoms with Crippen molar-refractivity contribution in [2.24, 2.45) is 0 Å². The summed E-state index contributed by atoms with van der Waals surface area (Å²) in [6.45, 7) is 12.8. The Morgan fingerprint density at radius 3 is 2.00 bits per heavy atom. The molecule has 1 aromatic carbocycles. The van der Waals surface area contributed by atoms with Gasteiger partial charge in [0.2, 0.25) is 0 Å². The van der Waals surface area contributed by atoms with Gasteiger partial charge in [0.15, 0.2) is 0 Å². The SMILES string of the molecule is C=C(C)C(=O)OCCCC.C=C(C)C(=O)Oc1ccccc1. The minimum Gasteiger partial charge on any atom is -0.462 e. The summed E-state index contributed by atoms with van der Waals surface area (Å²) in [4.78, 5) is 21.7. The highest BCUT2D eigenvalue weighted by Crippen LogP contribution is 2.09. The lowest BCUT2D eigenvalue weighted by Crippen LogP contribution is -2.07. The summed E-state index contributed by atoms with van der Waals surface area (Å²) in [7, 11) is 0. The van der Waals surface area contributed by atoms with Gasteiger partial charge in [0.25, 0.3) is 0 Å². The smallest absolute Gasteiger partial charge is 0.338 e. The maximum Gasteiger partial charge on any atom is 0.338 e. The Morgan fingerprint density at radius 2 is 1.55 bits per heavy atom. The Morgan fingerprint density at radius 1 is 1.00 bits per heavy atom. The third-order valence-electron chi connectivity index (χ3n) is 2.38. The molecule has 0 saturated heterocycles. The van der Waals surface area contributed by atoms with Gasteiger partial charge >= 0.3 is 11.9 Å². The Labute approximate surface area is 132 Å². The molecule has 0 saturated carbocycles. The van der Waals surface area contributed by atoms with Crippen molar-refractivity contribution >= 4 is 11.9 Å². The van der Waals surface area contributed by atoms with E-state index in [1.807, 2.05) is 6.07 Å². The molecule has 0 aromatic heterocycles. The first-order valence-electron chi connectivity index (χ1n) is 7.13. The molecule has 0 heterocycles. The molecule has 0 bridgehead atoms. The summed E-state index contributed by atoms with van der Waals surface area (Å²) in [6.07, 6.45) is 1.97. The predicted molar refractivity (Wildman–Crippen MR) is 87.6 cm³/mol. The van der Waals surface area contributed by atoms with Gasteiger partial charge < -0.3 is 9.47 Å². The van der Waals surface area contributed by atoms with E-state index in [4.69, 9.17) is 9.47 Å². The number of rotatable bonds is 6. The molecule has 1 rings (SSSR count). The van der Waals surface area contributed by atoms with Crippen molar-refractivity contribution in [1.29, 1.82) is 0 Å². The van der Waals surface area contributed by atoms with Gasteiger partial charge in [-0.25, -0.2) is 9.59 Å². The van der Waals surface area contributed by atoms with Crippen LogP contribution in [0, 0.1) is 0 Å². The summed E-state index contributed by atoms with van der Waals surface area (Å²) < 4.78 is 9.74. The Kier molecular flexibility index (Phi) is 10.1. The zero-order chi connectivity index (χ0) is 17.0. The van der Waals surface area contributed by atoms with Crippen LogP contribution in [0.25, 0.3) is 0 Å². The summed E-state index contributed by atoms with van der Waals surface area (Å²) in [6, 6.07) is 8.92. The van der Waals surface area contributed by atoms with E-state index in [-0.39, 0.29) is 11.9 Å². The van der Waals surface area contributed by atoms with Crippen LogP contribution in [0.4, 0.5) is 0 Å². The van der Waals surface area contributed by atoms with E-state index in [1.165, 1.54) is 0 Å². The van der Waals surface area contributed by atoms with Gasteiger partial charge in [-0.05, 0) is 32.4 Å². The number of para-hydroxylation sites is 1. The van der Waals surface area contributed by atoms with E-state index in [0.29, 0.717) is 23.5 Å². The van der Waals surface area contributed by atoms with E-state index < -0.39 is 0 Å². The van der Waals surface area contributed by atoms with E-state index in [0.717, 1.165) is 12.8 Å². The minimum atomic E-state index is -0.388. The fourth-order valence-corrected chi connectivity index (χ4v) is 1.12. The molecular weight excluding hydrogens is 280 g/mol. The van der Waals surface area contributed by atoms with Crippen LogP contribution in [0.1, 0.15) is 33.6 Å². The van der Waals surface area contributed by atoms with Crippen molar-refractivity contribution < 1.29 is 19.1 Å². The number of carbonyl (C=O) groups is 2.